The van der Waals surface area contributed by atoms with Crippen molar-refractivity contribution >= 4 is 44.8 Å². The molecule has 1 saturated heterocycles. The molecule has 0 radical (unpaired) electrons. The Hall–Kier alpha value is -2.62. The lowest BCUT2D eigenvalue weighted by molar-refractivity contribution is -0.122. The first-order chi connectivity index (χ1) is 13.5. The zero-order chi connectivity index (χ0) is 20.1. The molecule has 0 spiro atoms. The number of hydrogen-bond donors (Lipinski definition) is 2. The molecule has 148 valence electrons. The first-order valence-corrected chi connectivity index (χ1v) is 10.3. The third-order valence-corrected chi connectivity index (χ3v) is 6.51. The summed E-state index contributed by atoms with van der Waals surface area (Å²) in [5, 5.41) is 10.4. The van der Waals surface area contributed by atoms with Gasteiger partial charge in [0, 0.05) is 38.6 Å². The average Bonchev–Trinajstić information content (AvgIpc) is 3.10. The van der Waals surface area contributed by atoms with E-state index in [4.69, 9.17) is 21.5 Å². The SMILES string of the molecule is O=CO.O=S(=O)(c1ccccc1Cl)n1cc(N2CCNCC2)c2ncccc21. The minimum absolute atomic E-state index is 0.0873. The molecule has 2 aromatic heterocycles. The van der Waals surface area contributed by atoms with Crippen LogP contribution in [0.4, 0.5) is 5.69 Å². The predicted octanol–water partition coefficient (Wildman–Crippen LogP) is 2.04. The average molecular weight is 423 g/mol. The van der Waals surface area contributed by atoms with Crippen LogP contribution in [0.1, 0.15) is 0 Å². The van der Waals surface area contributed by atoms with E-state index < -0.39 is 10.0 Å². The lowest BCUT2D eigenvalue weighted by atomic mass is 10.3. The van der Waals surface area contributed by atoms with Gasteiger partial charge in [0.25, 0.3) is 16.5 Å². The third-order valence-electron chi connectivity index (χ3n) is 4.34. The van der Waals surface area contributed by atoms with Gasteiger partial charge in [-0.15, -0.1) is 0 Å². The fourth-order valence-electron chi connectivity index (χ4n) is 3.11. The minimum Gasteiger partial charge on any atom is -0.483 e. The molecule has 0 atom stereocenters. The van der Waals surface area contributed by atoms with E-state index in [0.717, 1.165) is 31.9 Å². The number of rotatable bonds is 3. The quantitative estimate of drug-likeness (QED) is 0.622. The standard InChI is InChI=1S/C17H17ClN4O2S.CH2O2/c18-13-4-1-2-6-16(13)25(23,24)22-12-15(21-10-8-19-9-11-21)17-14(22)5-3-7-20-17;2-1-3/h1-7,12,19H,8-11H2;1H,(H,2,3). The van der Waals surface area contributed by atoms with Gasteiger partial charge in [0.05, 0.1) is 16.2 Å². The minimum atomic E-state index is -3.81. The van der Waals surface area contributed by atoms with Gasteiger partial charge in [0.1, 0.15) is 10.4 Å². The smallest absolute Gasteiger partial charge is 0.290 e. The van der Waals surface area contributed by atoms with Gasteiger partial charge in [-0.1, -0.05) is 23.7 Å². The molecule has 1 aliphatic rings. The fourth-order valence-corrected chi connectivity index (χ4v) is 4.96. The van der Waals surface area contributed by atoms with Crippen LogP contribution in [0.15, 0.2) is 53.7 Å². The van der Waals surface area contributed by atoms with Crippen LogP contribution in [-0.4, -0.2) is 55.1 Å². The molecule has 10 heteroatoms. The highest BCUT2D eigenvalue weighted by Gasteiger charge is 2.26. The summed E-state index contributed by atoms with van der Waals surface area (Å²) in [6.07, 6.45) is 3.34. The zero-order valence-corrected chi connectivity index (χ0v) is 16.4. The number of nitrogens with zero attached hydrogens (tertiary/aromatic N) is 3. The summed E-state index contributed by atoms with van der Waals surface area (Å²) in [7, 11) is -3.81. The molecule has 0 unspecified atom stereocenters. The van der Waals surface area contributed by atoms with Crippen molar-refractivity contribution in [2.24, 2.45) is 0 Å². The molecule has 8 nitrogen and oxygen atoms in total. The summed E-state index contributed by atoms with van der Waals surface area (Å²) in [6.45, 7) is 3.08. The number of hydrogen-bond acceptors (Lipinski definition) is 6. The van der Waals surface area contributed by atoms with Gasteiger partial charge in [-0.3, -0.25) is 9.78 Å². The number of halogens is 1. The van der Waals surface area contributed by atoms with Crippen LogP contribution in [0.2, 0.25) is 5.02 Å². The number of anilines is 1. The highest BCUT2D eigenvalue weighted by molar-refractivity contribution is 7.90. The van der Waals surface area contributed by atoms with Crippen LogP contribution in [0.3, 0.4) is 0 Å². The highest BCUT2D eigenvalue weighted by atomic mass is 35.5. The van der Waals surface area contributed by atoms with Crippen molar-refractivity contribution < 1.29 is 18.3 Å². The van der Waals surface area contributed by atoms with Crippen LogP contribution >= 0.6 is 11.6 Å². The number of aromatic nitrogens is 2. The normalized spacial score (nSPS) is 14.4. The van der Waals surface area contributed by atoms with Crippen molar-refractivity contribution in [2.75, 3.05) is 31.1 Å². The van der Waals surface area contributed by atoms with E-state index in [1.165, 1.54) is 10.0 Å². The Morgan fingerprint density at radius 1 is 1.14 bits per heavy atom. The van der Waals surface area contributed by atoms with Crippen LogP contribution in [0.5, 0.6) is 0 Å². The molecule has 1 aromatic carbocycles. The molecule has 0 aliphatic carbocycles. The number of fused-ring (bicyclic) bond motifs is 1. The Bertz CT molecular complexity index is 1080. The van der Waals surface area contributed by atoms with E-state index in [1.54, 1.807) is 42.7 Å². The van der Waals surface area contributed by atoms with Gasteiger partial charge in [0.2, 0.25) is 0 Å². The van der Waals surface area contributed by atoms with Crippen LogP contribution in [0, 0.1) is 0 Å². The summed E-state index contributed by atoms with van der Waals surface area (Å²) < 4.78 is 27.7. The molecular formula is C18H19ClN4O4S. The van der Waals surface area contributed by atoms with E-state index in [0.29, 0.717) is 11.0 Å². The molecule has 0 saturated carbocycles. The van der Waals surface area contributed by atoms with Crippen molar-refractivity contribution in [3.8, 4) is 0 Å². The molecule has 2 N–H and O–H groups in total. The van der Waals surface area contributed by atoms with Crippen molar-refractivity contribution in [3.05, 3.63) is 53.8 Å². The first kappa shape index (κ1) is 20.1. The maximum absolute atomic E-state index is 13.2. The highest BCUT2D eigenvalue weighted by Crippen LogP contribution is 2.32. The Kier molecular flexibility index (Phi) is 6.18. The second kappa shape index (κ2) is 8.59. The molecule has 0 amide bonds. The molecule has 3 heterocycles. The molecule has 28 heavy (non-hydrogen) atoms. The van der Waals surface area contributed by atoms with E-state index in [9.17, 15) is 8.42 Å². The first-order valence-electron chi connectivity index (χ1n) is 8.50. The van der Waals surface area contributed by atoms with Gasteiger partial charge in [-0.05, 0) is 24.3 Å². The lowest BCUT2D eigenvalue weighted by Gasteiger charge is -2.28. The van der Waals surface area contributed by atoms with Gasteiger partial charge in [0.15, 0.2) is 0 Å². The maximum Gasteiger partial charge on any atom is 0.290 e. The van der Waals surface area contributed by atoms with E-state index in [-0.39, 0.29) is 16.4 Å². The van der Waals surface area contributed by atoms with E-state index in [2.05, 4.69) is 15.2 Å². The monoisotopic (exact) mass is 422 g/mol. The second-order valence-electron chi connectivity index (χ2n) is 5.96. The summed E-state index contributed by atoms with van der Waals surface area (Å²) in [5.41, 5.74) is 2.06. The zero-order valence-electron chi connectivity index (χ0n) is 14.8. The Labute approximate surface area is 167 Å². The molecule has 1 fully saturated rings. The van der Waals surface area contributed by atoms with Crippen molar-refractivity contribution in [3.63, 3.8) is 0 Å². The lowest BCUT2D eigenvalue weighted by Crippen LogP contribution is -2.43. The van der Waals surface area contributed by atoms with E-state index in [1.807, 2.05) is 0 Å². The molecule has 1 aliphatic heterocycles. The van der Waals surface area contributed by atoms with Crippen molar-refractivity contribution in [2.45, 2.75) is 4.90 Å². The Morgan fingerprint density at radius 3 is 2.50 bits per heavy atom. The summed E-state index contributed by atoms with van der Waals surface area (Å²) in [4.78, 5) is 15.0. The number of benzene rings is 1. The summed E-state index contributed by atoms with van der Waals surface area (Å²) >= 11 is 6.14. The maximum atomic E-state index is 13.2. The number of carbonyl (C=O) groups is 1. The number of nitrogens with one attached hydrogen (secondary N) is 1. The third kappa shape index (κ3) is 3.82. The summed E-state index contributed by atoms with van der Waals surface area (Å²) in [5.74, 6) is 0. The van der Waals surface area contributed by atoms with Crippen LogP contribution in [-0.2, 0) is 14.8 Å². The largest absolute Gasteiger partial charge is 0.483 e. The number of pyridine rings is 1. The number of carboxylic acid groups (broad SMARTS) is 1. The topological polar surface area (TPSA) is 105 Å². The summed E-state index contributed by atoms with van der Waals surface area (Å²) in [6, 6.07) is 9.98. The Morgan fingerprint density at radius 2 is 1.82 bits per heavy atom. The Balaban J connectivity index is 0.000000706. The predicted molar refractivity (Wildman–Crippen MR) is 108 cm³/mol. The van der Waals surface area contributed by atoms with Gasteiger partial charge >= 0.3 is 0 Å². The van der Waals surface area contributed by atoms with Gasteiger partial charge < -0.3 is 15.3 Å². The van der Waals surface area contributed by atoms with Gasteiger partial charge in [-0.2, -0.15) is 0 Å². The van der Waals surface area contributed by atoms with Crippen LogP contribution < -0.4 is 10.2 Å². The van der Waals surface area contributed by atoms with Crippen molar-refractivity contribution in [1.29, 1.82) is 0 Å². The molecular weight excluding hydrogens is 404 g/mol. The molecule has 4 rings (SSSR count). The molecule has 0 bridgehead atoms. The fraction of sp³-hybridized carbons (Fsp3) is 0.222. The number of piperazine rings is 1. The van der Waals surface area contributed by atoms with Crippen LogP contribution in [0.25, 0.3) is 11.0 Å². The second-order valence-corrected chi connectivity index (χ2v) is 8.15. The van der Waals surface area contributed by atoms with E-state index >= 15 is 0 Å². The van der Waals surface area contributed by atoms with Crippen molar-refractivity contribution in [1.82, 2.24) is 14.3 Å². The molecule has 3 aromatic rings. The van der Waals surface area contributed by atoms with Gasteiger partial charge in [-0.25, -0.2) is 12.4 Å².